The Morgan fingerprint density at radius 1 is 1.33 bits per heavy atom. The van der Waals surface area contributed by atoms with Gasteiger partial charge in [0.1, 0.15) is 5.60 Å². The first kappa shape index (κ1) is 15.6. The van der Waals surface area contributed by atoms with Crippen molar-refractivity contribution in [3.63, 3.8) is 0 Å². The highest BCUT2D eigenvalue weighted by Gasteiger charge is 2.34. The third-order valence-electron chi connectivity index (χ3n) is 4.02. The maximum Gasteiger partial charge on any atom is 0.164 e. The van der Waals surface area contributed by atoms with Crippen LogP contribution in [0.15, 0.2) is 0 Å². The van der Waals surface area contributed by atoms with Gasteiger partial charge in [0.15, 0.2) is 5.78 Å². The van der Waals surface area contributed by atoms with Crippen LogP contribution in [0.1, 0.15) is 65.7 Å². The van der Waals surface area contributed by atoms with E-state index in [1.54, 1.807) is 0 Å². The maximum absolute atomic E-state index is 12.3. The fourth-order valence-corrected chi connectivity index (χ4v) is 2.80. The number of ether oxygens (including phenoxy) is 2. The van der Waals surface area contributed by atoms with E-state index < -0.39 is 5.60 Å². The fourth-order valence-electron chi connectivity index (χ4n) is 2.80. The maximum atomic E-state index is 12.3. The van der Waals surface area contributed by atoms with Crippen LogP contribution < -0.4 is 0 Å². The minimum Gasteiger partial charge on any atom is -0.378 e. The lowest BCUT2D eigenvalue weighted by Crippen LogP contribution is -2.40. The molecule has 0 aliphatic carbocycles. The zero-order chi connectivity index (χ0) is 13.4. The van der Waals surface area contributed by atoms with Gasteiger partial charge in [-0.25, -0.2) is 0 Å². The molecule has 1 unspecified atom stereocenters. The van der Waals surface area contributed by atoms with Crippen LogP contribution in [0.25, 0.3) is 0 Å². The molecule has 0 radical (unpaired) electrons. The van der Waals surface area contributed by atoms with Crippen molar-refractivity contribution in [3.8, 4) is 0 Å². The zero-order valence-electron chi connectivity index (χ0n) is 12.2. The van der Waals surface area contributed by atoms with Gasteiger partial charge in [-0.3, -0.25) is 4.79 Å². The summed E-state index contributed by atoms with van der Waals surface area (Å²) in [5, 5.41) is 0. The zero-order valence-corrected chi connectivity index (χ0v) is 12.2. The number of carbonyl (C=O) groups excluding carboxylic acids is 1. The molecule has 1 saturated heterocycles. The van der Waals surface area contributed by atoms with Crippen molar-refractivity contribution < 1.29 is 14.3 Å². The van der Waals surface area contributed by atoms with E-state index in [1.807, 2.05) is 20.8 Å². The Kier molecular flexibility index (Phi) is 6.87. The predicted octanol–water partition coefficient (Wildman–Crippen LogP) is 3.50. The number of hydrogen-bond donors (Lipinski definition) is 0. The summed E-state index contributed by atoms with van der Waals surface area (Å²) in [6, 6.07) is 0. The predicted molar refractivity (Wildman–Crippen MR) is 72.8 cm³/mol. The largest absolute Gasteiger partial charge is 0.378 e. The SMILES string of the molecule is CCOC(CC)(CC)C(=O)CCCC1CCCO1. The summed E-state index contributed by atoms with van der Waals surface area (Å²) in [6.45, 7) is 7.54. The molecule has 1 atom stereocenters. The van der Waals surface area contributed by atoms with Crippen molar-refractivity contribution in [2.24, 2.45) is 0 Å². The van der Waals surface area contributed by atoms with Crippen molar-refractivity contribution in [3.05, 3.63) is 0 Å². The van der Waals surface area contributed by atoms with E-state index in [9.17, 15) is 4.79 Å². The molecule has 3 heteroatoms. The molecule has 0 saturated carbocycles. The average molecular weight is 256 g/mol. The summed E-state index contributed by atoms with van der Waals surface area (Å²) >= 11 is 0. The summed E-state index contributed by atoms with van der Waals surface area (Å²) in [5.74, 6) is 0.271. The Morgan fingerprint density at radius 2 is 2.06 bits per heavy atom. The fraction of sp³-hybridized carbons (Fsp3) is 0.933. The van der Waals surface area contributed by atoms with E-state index >= 15 is 0 Å². The van der Waals surface area contributed by atoms with Gasteiger partial charge in [0, 0.05) is 19.6 Å². The van der Waals surface area contributed by atoms with Gasteiger partial charge in [-0.2, -0.15) is 0 Å². The molecule has 0 aromatic heterocycles. The Balaban J connectivity index is 2.36. The van der Waals surface area contributed by atoms with E-state index in [0.717, 1.165) is 38.7 Å². The van der Waals surface area contributed by atoms with Crippen molar-refractivity contribution in [1.82, 2.24) is 0 Å². The first-order valence-electron chi connectivity index (χ1n) is 7.47. The van der Waals surface area contributed by atoms with E-state index in [1.165, 1.54) is 6.42 Å². The smallest absolute Gasteiger partial charge is 0.164 e. The molecular weight excluding hydrogens is 228 g/mol. The monoisotopic (exact) mass is 256 g/mol. The molecule has 1 aliphatic heterocycles. The summed E-state index contributed by atoms with van der Waals surface area (Å²) in [5.41, 5.74) is -0.536. The second-order valence-corrected chi connectivity index (χ2v) is 5.08. The van der Waals surface area contributed by atoms with Crippen LogP contribution in [0.3, 0.4) is 0 Å². The first-order chi connectivity index (χ1) is 8.68. The lowest BCUT2D eigenvalue weighted by Gasteiger charge is -2.30. The van der Waals surface area contributed by atoms with Crippen LogP contribution in [0.2, 0.25) is 0 Å². The highest BCUT2D eigenvalue weighted by Crippen LogP contribution is 2.25. The van der Waals surface area contributed by atoms with Crippen molar-refractivity contribution in [1.29, 1.82) is 0 Å². The molecular formula is C15H28O3. The van der Waals surface area contributed by atoms with Crippen LogP contribution in [0.4, 0.5) is 0 Å². The van der Waals surface area contributed by atoms with Gasteiger partial charge >= 0.3 is 0 Å². The molecule has 0 amide bonds. The van der Waals surface area contributed by atoms with Gasteiger partial charge in [0.25, 0.3) is 0 Å². The van der Waals surface area contributed by atoms with Crippen LogP contribution in [-0.2, 0) is 14.3 Å². The Labute approximate surface area is 111 Å². The summed E-state index contributed by atoms with van der Waals surface area (Å²) in [7, 11) is 0. The normalized spacial score (nSPS) is 20.3. The second kappa shape index (κ2) is 7.90. The van der Waals surface area contributed by atoms with Gasteiger partial charge in [-0.1, -0.05) is 13.8 Å². The molecule has 3 nitrogen and oxygen atoms in total. The number of hydrogen-bond acceptors (Lipinski definition) is 3. The number of ketones is 1. The van der Waals surface area contributed by atoms with Gasteiger partial charge in [0.2, 0.25) is 0 Å². The molecule has 18 heavy (non-hydrogen) atoms. The molecule has 1 heterocycles. The number of carbonyl (C=O) groups is 1. The van der Waals surface area contributed by atoms with Gasteiger partial charge in [-0.15, -0.1) is 0 Å². The van der Waals surface area contributed by atoms with E-state index in [-0.39, 0.29) is 5.78 Å². The van der Waals surface area contributed by atoms with Crippen LogP contribution in [0, 0.1) is 0 Å². The first-order valence-corrected chi connectivity index (χ1v) is 7.47. The van der Waals surface area contributed by atoms with Crippen LogP contribution in [-0.4, -0.2) is 30.7 Å². The Hall–Kier alpha value is -0.410. The highest BCUT2D eigenvalue weighted by atomic mass is 16.5. The molecule has 1 fully saturated rings. The van der Waals surface area contributed by atoms with Crippen molar-refractivity contribution >= 4 is 5.78 Å². The van der Waals surface area contributed by atoms with E-state index in [4.69, 9.17) is 9.47 Å². The quantitative estimate of drug-likeness (QED) is 0.633. The van der Waals surface area contributed by atoms with Crippen LogP contribution in [0.5, 0.6) is 0 Å². The van der Waals surface area contributed by atoms with Gasteiger partial charge in [0.05, 0.1) is 6.10 Å². The van der Waals surface area contributed by atoms with Gasteiger partial charge < -0.3 is 9.47 Å². The van der Waals surface area contributed by atoms with Crippen LogP contribution >= 0.6 is 0 Å². The molecule has 1 rings (SSSR count). The third kappa shape index (κ3) is 4.06. The van der Waals surface area contributed by atoms with Gasteiger partial charge in [-0.05, 0) is 45.4 Å². The Morgan fingerprint density at radius 3 is 2.56 bits per heavy atom. The molecule has 106 valence electrons. The highest BCUT2D eigenvalue weighted by molar-refractivity contribution is 5.87. The minimum absolute atomic E-state index is 0.271. The molecule has 1 aliphatic rings. The molecule has 0 aromatic rings. The standard InChI is InChI=1S/C15H28O3/c1-4-15(5-2,18-6-3)14(16)11-7-9-13-10-8-12-17-13/h13H,4-12H2,1-3H3. The Bertz CT molecular complexity index is 240. The molecule has 0 spiro atoms. The minimum atomic E-state index is -0.536. The molecule has 0 bridgehead atoms. The number of Topliss-reactive ketones (excluding diaryl/α,β-unsaturated/α-hetero) is 1. The molecule has 0 aromatic carbocycles. The third-order valence-corrected chi connectivity index (χ3v) is 4.02. The van der Waals surface area contributed by atoms with Crippen molar-refractivity contribution in [2.45, 2.75) is 77.4 Å². The number of rotatable bonds is 9. The lowest BCUT2D eigenvalue weighted by molar-refractivity contribution is -0.145. The van der Waals surface area contributed by atoms with E-state index in [0.29, 0.717) is 19.1 Å². The second-order valence-electron chi connectivity index (χ2n) is 5.08. The summed E-state index contributed by atoms with van der Waals surface area (Å²) in [4.78, 5) is 12.3. The van der Waals surface area contributed by atoms with Crippen molar-refractivity contribution in [2.75, 3.05) is 13.2 Å². The summed E-state index contributed by atoms with van der Waals surface area (Å²) in [6.07, 6.45) is 6.84. The van der Waals surface area contributed by atoms with E-state index in [2.05, 4.69) is 0 Å². The topological polar surface area (TPSA) is 35.5 Å². The lowest BCUT2D eigenvalue weighted by atomic mass is 9.88. The molecule has 0 N–H and O–H groups in total. The average Bonchev–Trinajstić information content (AvgIpc) is 2.89. The summed E-state index contributed by atoms with van der Waals surface area (Å²) < 4.78 is 11.3.